The number of nitrogens with zero attached hydrogens (tertiary/aromatic N) is 1. The van der Waals surface area contributed by atoms with Crippen LogP contribution >= 0.6 is 11.3 Å². The Labute approximate surface area is 105 Å². The van der Waals surface area contributed by atoms with Gasteiger partial charge in [-0.1, -0.05) is 18.2 Å². The first-order valence-electron chi connectivity index (χ1n) is 5.84. The van der Waals surface area contributed by atoms with E-state index in [-0.39, 0.29) is 5.82 Å². The van der Waals surface area contributed by atoms with Crippen LogP contribution in [0.4, 0.5) is 4.39 Å². The van der Waals surface area contributed by atoms with Crippen molar-refractivity contribution in [3.05, 3.63) is 57.5 Å². The maximum atomic E-state index is 13.6. The minimum atomic E-state index is -0.0939. The van der Waals surface area contributed by atoms with Gasteiger partial charge in [0, 0.05) is 30.1 Å². The molecule has 3 heteroatoms. The van der Waals surface area contributed by atoms with Gasteiger partial charge in [-0.15, -0.1) is 11.3 Å². The van der Waals surface area contributed by atoms with Gasteiger partial charge in [0.05, 0.1) is 0 Å². The maximum absolute atomic E-state index is 13.6. The molecule has 1 aliphatic heterocycles. The molecular weight excluding hydrogens is 233 g/mol. The molecule has 0 saturated carbocycles. The Morgan fingerprint density at radius 2 is 2.12 bits per heavy atom. The molecule has 17 heavy (non-hydrogen) atoms. The molecule has 0 radical (unpaired) electrons. The molecule has 0 aliphatic carbocycles. The van der Waals surface area contributed by atoms with Gasteiger partial charge in [-0.25, -0.2) is 4.39 Å². The molecule has 2 heterocycles. The third-order valence-corrected chi connectivity index (χ3v) is 4.26. The monoisotopic (exact) mass is 247 g/mol. The summed E-state index contributed by atoms with van der Waals surface area (Å²) in [4.78, 5) is 3.81. The van der Waals surface area contributed by atoms with E-state index in [4.69, 9.17) is 0 Å². The summed E-state index contributed by atoms with van der Waals surface area (Å²) in [5.74, 6) is -0.0939. The second-order valence-corrected chi connectivity index (χ2v) is 5.42. The van der Waals surface area contributed by atoms with Crippen LogP contribution < -0.4 is 0 Å². The van der Waals surface area contributed by atoms with Gasteiger partial charge >= 0.3 is 0 Å². The van der Waals surface area contributed by atoms with Crippen molar-refractivity contribution in [1.29, 1.82) is 0 Å². The second-order valence-electron chi connectivity index (χ2n) is 4.42. The zero-order chi connectivity index (χ0) is 11.7. The summed E-state index contributed by atoms with van der Waals surface area (Å²) >= 11 is 1.84. The fourth-order valence-corrected chi connectivity index (χ4v) is 3.20. The van der Waals surface area contributed by atoms with Crippen LogP contribution in [-0.2, 0) is 19.5 Å². The standard InChI is InChI=1S/C14H14FNS/c15-13-4-2-1-3-11(13)9-16-7-5-14-12(10-16)6-8-17-14/h1-4,6,8H,5,7,9-10H2. The van der Waals surface area contributed by atoms with Gasteiger partial charge in [0.25, 0.3) is 0 Å². The molecule has 0 unspecified atom stereocenters. The average Bonchev–Trinajstić information content (AvgIpc) is 2.79. The predicted molar refractivity (Wildman–Crippen MR) is 68.5 cm³/mol. The number of hydrogen-bond acceptors (Lipinski definition) is 2. The van der Waals surface area contributed by atoms with Crippen LogP contribution in [0.2, 0.25) is 0 Å². The van der Waals surface area contributed by atoms with Crippen LogP contribution in [0.1, 0.15) is 16.0 Å². The van der Waals surface area contributed by atoms with Crippen molar-refractivity contribution in [2.75, 3.05) is 6.54 Å². The molecule has 0 atom stereocenters. The molecule has 1 aromatic carbocycles. The normalized spacial score (nSPS) is 15.8. The van der Waals surface area contributed by atoms with Gasteiger partial charge in [-0.3, -0.25) is 4.90 Å². The Hall–Kier alpha value is -1.19. The molecule has 0 saturated heterocycles. The maximum Gasteiger partial charge on any atom is 0.127 e. The lowest BCUT2D eigenvalue weighted by molar-refractivity contribution is 0.244. The lowest BCUT2D eigenvalue weighted by Gasteiger charge is -2.26. The SMILES string of the molecule is Fc1ccccc1CN1CCc2sccc2C1. The number of thiophene rings is 1. The Balaban J connectivity index is 1.74. The number of rotatable bonds is 2. The van der Waals surface area contributed by atoms with Crippen molar-refractivity contribution >= 4 is 11.3 Å². The number of benzene rings is 1. The van der Waals surface area contributed by atoms with Crippen molar-refractivity contribution < 1.29 is 4.39 Å². The highest BCUT2D eigenvalue weighted by Gasteiger charge is 2.17. The van der Waals surface area contributed by atoms with Gasteiger partial charge in [-0.05, 0) is 29.5 Å². The van der Waals surface area contributed by atoms with E-state index in [1.165, 1.54) is 16.5 Å². The van der Waals surface area contributed by atoms with Crippen LogP contribution in [0.3, 0.4) is 0 Å². The van der Waals surface area contributed by atoms with Gasteiger partial charge in [0.1, 0.15) is 5.82 Å². The minimum Gasteiger partial charge on any atom is -0.294 e. The lowest BCUT2D eigenvalue weighted by Crippen LogP contribution is -2.29. The van der Waals surface area contributed by atoms with Crippen LogP contribution in [0.15, 0.2) is 35.7 Å². The van der Waals surface area contributed by atoms with Crippen LogP contribution in [0.25, 0.3) is 0 Å². The second kappa shape index (κ2) is 4.59. The van der Waals surface area contributed by atoms with E-state index in [0.717, 1.165) is 25.1 Å². The van der Waals surface area contributed by atoms with Gasteiger partial charge in [0.2, 0.25) is 0 Å². The lowest BCUT2D eigenvalue weighted by atomic mass is 10.1. The highest BCUT2D eigenvalue weighted by molar-refractivity contribution is 7.10. The number of hydrogen-bond donors (Lipinski definition) is 0. The molecule has 88 valence electrons. The Morgan fingerprint density at radius 1 is 1.24 bits per heavy atom. The predicted octanol–water partition coefficient (Wildman–Crippen LogP) is 3.45. The summed E-state index contributed by atoms with van der Waals surface area (Å²) in [6.07, 6.45) is 1.10. The van der Waals surface area contributed by atoms with E-state index in [2.05, 4.69) is 16.3 Å². The third kappa shape index (κ3) is 2.26. The van der Waals surface area contributed by atoms with Crippen molar-refractivity contribution in [3.8, 4) is 0 Å². The van der Waals surface area contributed by atoms with Crippen molar-refractivity contribution in [2.45, 2.75) is 19.5 Å². The van der Waals surface area contributed by atoms with Gasteiger partial charge < -0.3 is 0 Å². The summed E-state index contributed by atoms with van der Waals surface area (Å²) in [5.41, 5.74) is 2.21. The molecule has 0 N–H and O–H groups in total. The first-order chi connectivity index (χ1) is 8.33. The molecule has 0 bridgehead atoms. The fraction of sp³-hybridized carbons (Fsp3) is 0.286. The van der Waals surface area contributed by atoms with E-state index in [0.29, 0.717) is 6.54 Å². The quantitative estimate of drug-likeness (QED) is 0.785. The third-order valence-electron chi connectivity index (χ3n) is 3.24. The van der Waals surface area contributed by atoms with E-state index >= 15 is 0 Å². The molecule has 0 fully saturated rings. The molecular formula is C14H14FNS. The minimum absolute atomic E-state index is 0.0939. The van der Waals surface area contributed by atoms with E-state index in [1.54, 1.807) is 6.07 Å². The molecule has 1 aromatic heterocycles. The van der Waals surface area contributed by atoms with E-state index in [1.807, 2.05) is 23.5 Å². The summed E-state index contributed by atoms with van der Waals surface area (Å²) in [7, 11) is 0. The molecule has 0 amide bonds. The number of fused-ring (bicyclic) bond motifs is 1. The molecule has 1 nitrogen and oxygen atoms in total. The van der Waals surface area contributed by atoms with Gasteiger partial charge in [-0.2, -0.15) is 0 Å². The summed E-state index contributed by atoms with van der Waals surface area (Å²) in [6.45, 7) is 2.69. The van der Waals surface area contributed by atoms with Crippen molar-refractivity contribution in [2.24, 2.45) is 0 Å². The molecule has 2 aromatic rings. The Bertz CT molecular complexity index is 520. The van der Waals surface area contributed by atoms with Crippen molar-refractivity contribution in [3.63, 3.8) is 0 Å². The summed E-state index contributed by atoms with van der Waals surface area (Å²) in [6, 6.07) is 9.24. The highest BCUT2D eigenvalue weighted by Crippen LogP contribution is 2.25. The topological polar surface area (TPSA) is 3.24 Å². The zero-order valence-corrected chi connectivity index (χ0v) is 10.3. The van der Waals surface area contributed by atoms with Gasteiger partial charge in [0.15, 0.2) is 0 Å². The van der Waals surface area contributed by atoms with Crippen LogP contribution in [0.5, 0.6) is 0 Å². The van der Waals surface area contributed by atoms with Crippen LogP contribution in [0, 0.1) is 5.82 Å². The largest absolute Gasteiger partial charge is 0.294 e. The molecule has 0 spiro atoms. The highest BCUT2D eigenvalue weighted by atomic mass is 32.1. The van der Waals surface area contributed by atoms with E-state index in [9.17, 15) is 4.39 Å². The number of halogens is 1. The first kappa shape index (κ1) is 10.9. The Kier molecular flexibility index (Phi) is 2.95. The van der Waals surface area contributed by atoms with E-state index < -0.39 is 0 Å². The van der Waals surface area contributed by atoms with Crippen LogP contribution in [-0.4, -0.2) is 11.4 Å². The zero-order valence-electron chi connectivity index (χ0n) is 9.53. The summed E-state index contributed by atoms with van der Waals surface area (Å²) < 4.78 is 13.6. The average molecular weight is 247 g/mol. The smallest absolute Gasteiger partial charge is 0.127 e. The fourth-order valence-electron chi connectivity index (χ4n) is 2.31. The molecule has 1 aliphatic rings. The Morgan fingerprint density at radius 3 is 3.00 bits per heavy atom. The summed E-state index contributed by atoms with van der Waals surface area (Å²) in [5, 5.41) is 2.15. The first-order valence-corrected chi connectivity index (χ1v) is 6.72. The molecule has 3 rings (SSSR count). The van der Waals surface area contributed by atoms with Crippen molar-refractivity contribution in [1.82, 2.24) is 4.90 Å².